The zero-order valence-corrected chi connectivity index (χ0v) is 13.7. The Hall–Kier alpha value is -2.04. The maximum Gasteiger partial charge on any atom is 0.311 e. The zero-order valence-electron chi connectivity index (χ0n) is 13.7. The molecule has 0 bridgehead atoms. The number of amides is 1. The van der Waals surface area contributed by atoms with Gasteiger partial charge < -0.3 is 14.7 Å². The number of carboxylic acids is 1. The smallest absolute Gasteiger partial charge is 0.311 e. The van der Waals surface area contributed by atoms with Crippen LogP contribution in [0.1, 0.15) is 42.5 Å². The highest BCUT2D eigenvalue weighted by Crippen LogP contribution is 2.49. The summed E-state index contributed by atoms with van der Waals surface area (Å²) >= 11 is 0. The highest BCUT2D eigenvalue weighted by Gasteiger charge is 2.55. The van der Waals surface area contributed by atoms with E-state index < -0.39 is 11.4 Å². The largest absolute Gasteiger partial charge is 0.492 e. The second-order valence-corrected chi connectivity index (χ2v) is 7.49. The molecule has 3 aliphatic rings. The van der Waals surface area contributed by atoms with Gasteiger partial charge in [-0.15, -0.1) is 0 Å². The Kier molecular flexibility index (Phi) is 3.74. The first-order chi connectivity index (χ1) is 11.6. The van der Waals surface area contributed by atoms with Gasteiger partial charge in [0, 0.05) is 13.1 Å². The molecule has 128 valence electrons. The molecule has 0 aromatic heterocycles. The van der Waals surface area contributed by atoms with Gasteiger partial charge in [0.1, 0.15) is 5.75 Å². The van der Waals surface area contributed by atoms with Gasteiger partial charge in [0.15, 0.2) is 0 Å². The van der Waals surface area contributed by atoms with Crippen molar-refractivity contribution in [3.63, 3.8) is 0 Å². The van der Waals surface area contributed by atoms with E-state index >= 15 is 0 Å². The number of para-hydroxylation sites is 1. The number of rotatable bonds is 5. The Morgan fingerprint density at radius 3 is 2.75 bits per heavy atom. The monoisotopic (exact) mass is 329 g/mol. The Balaban J connectivity index is 1.53. The van der Waals surface area contributed by atoms with Crippen molar-refractivity contribution in [3.8, 4) is 5.75 Å². The van der Waals surface area contributed by atoms with E-state index in [2.05, 4.69) is 0 Å². The summed E-state index contributed by atoms with van der Waals surface area (Å²) in [7, 11) is 0. The van der Waals surface area contributed by atoms with Crippen LogP contribution in [0.3, 0.4) is 0 Å². The lowest BCUT2D eigenvalue weighted by atomic mass is 9.81. The van der Waals surface area contributed by atoms with Gasteiger partial charge in [0.25, 0.3) is 5.91 Å². The van der Waals surface area contributed by atoms with Crippen LogP contribution < -0.4 is 4.74 Å². The molecule has 2 atom stereocenters. The summed E-state index contributed by atoms with van der Waals surface area (Å²) in [6, 6.07) is 7.32. The number of carbonyl (C=O) groups excluding carboxylic acids is 1. The van der Waals surface area contributed by atoms with Gasteiger partial charge in [0.2, 0.25) is 0 Å². The fourth-order valence-corrected chi connectivity index (χ4v) is 4.23. The minimum absolute atomic E-state index is 0.0819. The molecule has 1 saturated heterocycles. The van der Waals surface area contributed by atoms with Crippen molar-refractivity contribution in [2.45, 2.75) is 32.1 Å². The van der Waals surface area contributed by atoms with Crippen molar-refractivity contribution in [3.05, 3.63) is 29.8 Å². The lowest BCUT2D eigenvalue weighted by molar-refractivity contribution is -0.149. The fourth-order valence-electron chi connectivity index (χ4n) is 4.23. The van der Waals surface area contributed by atoms with E-state index in [-0.39, 0.29) is 11.8 Å². The van der Waals surface area contributed by atoms with Crippen molar-refractivity contribution in [1.29, 1.82) is 0 Å². The highest BCUT2D eigenvalue weighted by molar-refractivity contribution is 5.97. The van der Waals surface area contributed by atoms with E-state index in [1.807, 2.05) is 18.2 Å². The molecule has 1 aromatic carbocycles. The number of likely N-dealkylation sites (tertiary alicyclic amines) is 1. The Morgan fingerprint density at radius 1 is 1.25 bits per heavy atom. The number of nitrogens with zero attached hydrogens (tertiary/aromatic N) is 1. The molecular weight excluding hydrogens is 306 g/mol. The van der Waals surface area contributed by atoms with Crippen LogP contribution in [0.5, 0.6) is 5.75 Å². The summed E-state index contributed by atoms with van der Waals surface area (Å²) in [5.41, 5.74) is -0.182. The van der Waals surface area contributed by atoms with Crippen LogP contribution >= 0.6 is 0 Å². The summed E-state index contributed by atoms with van der Waals surface area (Å²) in [6.45, 7) is 1.52. The van der Waals surface area contributed by atoms with E-state index in [0.29, 0.717) is 43.3 Å². The molecule has 1 amide bonds. The van der Waals surface area contributed by atoms with Crippen molar-refractivity contribution in [2.75, 3.05) is 19.7 Å². The standard InChI is InChI=1S/C19H23NO4/c21-17(15-5-1-2-6-16(15)24-11-13-7-8-13)20-10-14-4-3-9-19(14,12-20)18(22)23/h1-2,5-6,13-14H,3-4,7-12H2,(H,22,23)/t14-,19+/m0/s1. The van der Waals surface area contributed by atoms with Gasteiger partial charge in [0.05, 0.1) is 17.6 Å². The average molecular weight is 329 g/mol. The summed E-state index contributed by atoms with van der Waals surface area (Å²) in [5.74, 6) is 0.471. The van der Waals surface area contributed by atoms with Crippen molar-refractivity contribution in [2.24, 2.45) is 17.3 Å². The minimum Gasteiger partial charge on any atom is -0.492 e. The third kappa shape index (κ3) is 2.56. The molecule has 5 heteroatoms. The van der Waals surface area contributed by atoms with Crippen molar-refractivity contribution in [1.82, 2.24) is 4.90 Å². The number of carboxylic acid groups (broad SMARTS) is 1. The number of ether oxygens (including phenoxy) is 1. The Morgan fingerprint density at radius 2 is 2.04 bits per heavy atom. The lowest BCUT2D eigenvalue weighted by Gasteiger charge is -2.23. The average Bonchev–Trinajstić information content (AvgIpc) is 3.19. The number of carbonyl (C=O) groups is 2. The van der Waals surface area contributed by atoms with E-state index in [1.165, 1.54) is 12.8 Å². The molecule has 2 saturated carbocycles. The third-order valence-corrected chi connectivity index (χ3v) is 5.87. The quantitative estimate of drug-likeness (QED) is 0.902. The molecule has 0 unspecified atom stereocenters. The van der Waals surface area contributed by atoms with E-state index in [1.54, 1.807) is 11.0 Å². The number of fused-ring (bicyclic) bond motifs is 1. The van der Waals surface area contributed by atoms with Crippen LogP contribution in [0.2, 0.25) is 0 Å². The molecule has 5 nitrogen and oxygen atoms in total. The molecule has 0 spiro atoms. The van der Waals surface area contributed by atoms with Crippen LogP contribution in [-0.2, 0) is 4.79 Å². The molecule has 2 aliphatic carbocycles. The van der Waals surface area contributed by atoms with Crippen LogP contribution in [0.4, 0.5) is 0 Å². The number of hydrogen-bond acceptors (Lipinski definition) is 3. The fraction of sp³-hybridized carbons (Fsp3) is 0.579. The predicted molar refractivity (Wildman–Crippen MR) is 88.0 cm³/mol. The summed E-state index contributed by atoms with van der Waals surface area (Å²) in [5, 5.41) is 9.69. The van der Waals surface area contributed by atoms with E-state index in [4.69, 9.17) is 4.74 Å². The normalized spacial score (nSPS) is 28.7. The molecule has 1 heterocycles. The first-order valence-corrected chi connectivity index (χ1v) is 8.85. The molecule has 24 heavy (non-hydrogen) atoms. The summed E-state index contributed by atoms with van der Waals surface area (Å²) in [4.78, 5) is 26.5. The van der Waals surface area contributed by atoms with E-state index in [0.717, 1.165) is 12.8 Å². The number of hydrogen-bond donors (Lipinski definition) is 1. The van der Waals surface area contributed by atoms with Gasteiger partial charge >= 0.3 is 5.97 Å². The van der Waals surface area contributed by atoms with Gasteiger partial charge in [-0.25, -0.2) is 0 Å². The SMILES string of the molecule is O=C(c1ccccc1OCC1CC1)N1C[C@@H]2CCC[C@@]2(C(=O)O)C1. The lowest BCUT2D eigenvalue weighted by Crippen LogP contribution is -2.37. The summed E-state index contributed by atoms with van der Waals surface area (Å²) in [6.07, 6.45) is 4.92. The van der Waals surface area contributed by atoms with Crippen LogP contribution in [0.25, 0.3) is 0 Å². The third-order valence-electron chi connectivity index (χ3n) is 5.87. The molecule has 1 N–H and O–H groups in total. The van der Waals surface area contributed by atoms with Gasteiger partial charge in [-0.1, -0.05) is 18.6 Å². The second-order valence-electron chi connectivity index (χ2n) is 7.49. The van der Waals surface area contributed by atoms with Gasteiger partial charge in [-0.3, -0.25) is 9.59 Å². The van der Waals surface area contributed by atoms with Crippen molar-refractivity contribution >= 4 is 11.9 Å². The first-order valence-electron chi connectivity index (χ1n) is 8.85. The summed E-state index contributed by atoms with van der Waals surface area (Å²) < 4.78 is 5.84. The van der Waals surface area contributed by atoms with Crippen LogP contribution in [-0.4, -0.2) is 41.6 Å². The Labute approximate surface area is 141 Å². The number of benzene rings is 1. The molecular formula is C19H23NO4. The highest BCUT2D eigenvalue weighted by atomic mass is 16.5. The topological polar surface area (TPSA) is 66.8 Å². The second kappa shape index (κ2) is 5.80. The molecule has 1 aromatic rings. The van der Waals surface area contributed by atoms with Gasteiger partial charge in [-0.05, 0) is 49.7 Å². The molecule has 4 rings (SSSR count). The first kappa shape index (κ1) is 15.5. The molecule has 3 fully saturated rings. The molecule has 0 radical (unpaired) electrons. The zero-order chi connectivity index (χ0) is 16.7. The van der Waals surface area contributed by atoms with Crippen LogP contribution in [0, 0.1) is 17.3 Å². The maximum atomic E-state index is 13.0. The van der Waals surface area contributed by atoms with Gasteiger partial charge in [-0.2, -0.15) is 0 Å². The van der Waals surface area contributed by atoms with Crippen LogP contribution in [0.15, 0.2) is 24.3 Å². The predicted octanol–water partition coefficient (Wildman–Crippen LogP) is 2.80. The van der Waals surface area contributed by atoms with E-state index in [9.17, 15) is 14.7 Å². The molecule has 1 aliphatic heterocycles. The minimum atomic E-state index is -0.751. The van der Waals surface area contributed by atoms with Crippen molar-refractivity contribution < 1.29 is 19.4 Å². The number of aliphatic carboxylic acids is 1. The maximum absolute atomic E-state index is 13.0. The Bertz CT molecular complexity index is 669.